The van der Waals surface area contributed by atoms with Gasteiger partial charge >= 0.3 is 0 Å². The van der Waals surface area contributed by atoms with E-state index in [4.69, 9.17) is 11.6 Å². The van der Waals surface area contributed by atoms with Gasteiger partial charge in [0.1, 0.15) is 5.82 Å². The molecule has 1 aromatic heterocycles. The summed E-state index contributed by atoms with van der Waals surface area (Å²) in [6.45, 7) is 7.45. The third kappa shape index (κ3) is 2.98. The molecule has 0 aliphatic carbocycles. The van der Waals surface area contributed by atoms with Crippen molar-refractivity contribution in [2.45, 2.75) is 33.0 Å². The van der Waals surface area contributed by atoms with Crippen LogP contribution in [0.2, 0.25) is 5.02 Å². The summed E-state index contributed by atoms with van der Waals surface area (Å²) in [5.74, 6) is 1.10. The van der Waals surface area contributed by atoms with E-state index in [-0.39, 0.29) is 0 Å². The largest absolute Gasteiger partial charge is 0.387 e. The number of rotatable bonds is 3. The van der Waals surface area contributed by atoms with Crippen molar-refractivity contribution in [2.75, 3.05) is 13.1 Å². The minimum absolute atomic E-state index is 0.494. The summed E-state index contributed by atoms with van der Waals surface area (Å²) >= 11 is 5.88. The van der Waals surface area contributed by atoms with E-state index in [1.54, 1.807) is 0 Å². The second-order valence-electron chi connectivity index (χ2n) is 5.65. The van der Waals surface area contributed by atoms with Gasteiger partial charge in [0.15, 0.2) is 0 Å². The Labute approximate surface area is 130 Å². The molecule has 1 aliphatic rings. The Bertz CT molecular complexity index is 636. The van der Waals surface area contributed by atoms with Crippen LogP contribution >= 0.6 is 11.6 Å². The van der Waals surface area contributed by atoms with E-state index in [9.17, 15) is 5.11 Å². The first-order valence-corrected chi connectivity index (χ1v) is 7.61. The number of aromatic nitrogens is 2. The third-order valence-corrected chi connectivity index (χ3v) is 4.48. The average Bonchev–Trinajstić information content (AvgIpc) is 2.74. The van der Waals surface area contributed by atoms with E-state index in [0.717, 1.165) is 36.7 Å². The van der Waals surface area contributed by atoms with Crippen LogP contribution in [0.15, 0.2) is 24.3 Å². The number of halogens is 1. The second-order valence-corrected chi connectivity index (χ2v) is 6.09. The van der Waals surface area contributed by atoms with Crippen LogP contribution in [0.5, 0.6) is 0 Å². The number of aliphatic hydroxyl groups is 1. The number of imidazole rings is 1. The van der Waals surface area contributed by atoms with E-state index in [0.29, 0.717) is 11.6 Å². The van der Waals surface area contributed by atoms with Crippen molar-refractivity contribution >= 4 is 11.6 Å². The van der Waals surface area contributed by atoms with Crippen molar-refractivity contribution in [3.05, 3.63) is 52.1 Å². The predicted octanol–water partition coefficient (Wildman–Crippen LogP) is 2.70. The summed E-state index contributed by atoms with van der Waals surface area (Å²) in [5, 5.41) is 11.1. The maximum absolute atomic E-state index is 10.4. The molecule has 0 radical (unpaired) electrons. The molecule has 2 aromatic rings. The number of hydrogen-bond donors (Lipinski definition) is 1. The molecule has 112 valence electrons. The summed E-state index contributed by atoms with van der Waals surface area (Å²) in [5.41, 5.74) is 3.26. The highest BCUT2D eigenvalue weighted by Crippen LogP contribution is 2.21. The summed E-state index contributed by atoms with van der Waals surface area (Å²) in [4.78, 5) is 6.87. The van der Waals surface area contributed by atoms with Gasteiger partial charge in [-0.05, 0) is 31.5 Å². The molecule has 1 N–H and O–H groups in total. The Morgan fingerprint density at radius 2 is 1.95 bits per heavy atom. The SMILES string of the molecule is Cc1nc2n(c1C)CCN(C[C@@H](O)c1ccc(Cl)cc1)C2. The lowest BCUT2D eigenvalue weighted by Crippen LogP contribution is -2.36. The fraction of sp³-hybridized carbons (Fsp3) is 0.438. The summed E-state index contributed by atoms with van der Waals surface area (Å²) in [7, 11) is 0. The van der Waals surface area contributed by atoms with Gasteiger partial charge in [-0.3, -0.25) is 4.90 Å². The smallest absolute Gasteiger partial charge is 0.123 e. The Balaban J connectivity index is 1.68. The van der Waals surface area contributed by atoms with E-state index in [1.807, 2.05) is 31.2 Å². The number of nitrogens with zero attached hydrogens (tertiary/aromatic N) is 3. The highest BCUT2D eigenvalue weighted by molar-refractivity contribution is 6.30. The summed E-state index contributed by atoms with van der Waals surface area (Å²) in [6, 6.07) is 7.39. The Morgan fingerprint density at radius 1 is 1.24 bits per heavy atom. The lowest BCUT2D eigenvalue weighted by atomic mass is 10.1. The Hall–Kier alpha value is -1.36. The van der Waals surface area contributed by atoms with Gasteiger partial charge in [0.05, 0.1) is 18.3 Å². The Morgan fingerprint density at radius 3 is 2.67 bits per heavy atom. The van der Waals surface area contributed by atoms with Gasteiger partial charge < -0.3 is 9.67 Å². The van der Waals surface area contributed by atoms with Crippen molar-refractivity contribution in [3.63, 3.8) is 0 Å². The lowest BCUT2D eigenvalue weighted by molar-refractivity contribution is 0.0960. The molecule has 21 heavy (non-hydrogen) atoms. The van der Waals surface area contributed by atoms with Crippen LogP contribution in [0.3, 0.4) is 0 Å². The zero-order valence-corrected chi connectivity index (χ0v) is 13.1. The molecule has 0 unspecified atom stereocenters. The monoisotopic (exact) mass is 305 g/mol. The van der Waals surface area contributed by atoms with Crippen LogP contribution < -0.4 is 0 Å². The minimum atomic E-state index is -0.494. The van der Waals surface area contributed by atoms with E-state index in [2.05, 4.69) is 21.4 Å². The highest BCUT2D eigenvalue weighted by Gasteiger charge is 2.22. The Kier molecular flexibility index (Phi) is 4.02. The standard InChI is InChI=1S/C16H20ClN3O/c1-11-12(2)20-8-7-19(10-16(20)18-11)9-15(21)13-3-5-14(17)6-4-13/h3-6,15,21H,7-10H2,1-2H3/t15-/m1/s1. The first kappa shape index (κ1) is 14.6. The number of aliphatic hydroxyl groups excluding tert-OH is 1. The quantitative estimate of drug-likeness (QED) is 0.948. The molecule has 0 saturated heterocycles. The van der Waals surface area contributed by atoms with E-state index < -0.39 is 6.10 Å². The van der Waals surface area contributed by atoms with Gasteiger partial charge in [0.2, 0.25) is 0 Å². The normalized spacial score (nSPS) is 16.8. The van der Waals surface area contributed by atoms with Gasteiger partial charge in [-0.2, -0.15) is 0 Å². The third-order valence-electron chi connectivity index (χ3n) is 4.23. The molecule has 0 saturated carbocycles. The van der Waals surface area contributed by atoms with Crippen molar-refractivity contribution in [1.82, 2.24) is 14.5 Å². The molecule has 2 heterocycles. The number of hydrogen-bond acceptors (Lipinski definition) is 3. The van der Waals surface area contributed by atoms with Crippen LogP contribution in [0.1, 0.15) is 28.9 Å². The summed E-state index contributed by atoms with van der Waals surface area (Å²) < 4.78 is 2.28. The number of benzene rings is 1. The molecule has 1 atom stereocenters. The van der Waals surface area contributed by atoms with Crippen LogP contribution in [-0.4, -0.2) is 32.6 Å². The summed E-state index contributed by atoms with van der Waals surface area (Å²) in [6.07, 6.45) is -0.494. The first-order valence-electron chi connectivity index (χ1n) is 7.23. The molecular formula is C16H20ClN3O. The molecule has 3 rings (SSSR count). The molecule has 1 aromatic carbocycles. The lowest BCUT2D eigenvalue weighted by Gasteiger charge is -2.30. The topological polar surface area (TPSA) is 41.3 Å². The number of fused-ring (bicyclic) bond motifs is 1. The fourth-order valence-corrected chi connectivity index (χ4v) is 2.98. The predicted molar refractivity (Wildman–Crippen MR) is 83.4 cm³/mol. The molecule has 0 fully saturated rings. The van der Waals surface area contributed by atoms with Crippen molar-refractivity contribution < 1.29 is 5.11 Å². The highest BCUT2D eigenvalue weighted by atomic mass is 35.5. The zero-order valence-electron chi connectivity index (χ0n) is 12.4. The maximum atomic E-state index is 10.4. The molecular weight excluding hydrogens is 286 g/mol. The van der Waals surface area contributed by atoms with Gasteiger partial charge in [-0.15, -0.1) is 0 Å². The van der Waals surface area contributed by atoms with Crippen LogP contribution in [0.25, 0.3) is 0 Å². The number of β-amino-alcohol motifs (C(OH)–C–C–N with tert-alkyl or cyclic N) is 1. The van der Waals surface area contributed by atoms with Crippen LogP contribution in [0.4, 0.5) is 0 Å². The van der Waals surface area contributed by atoms with Gasteiger partial charge in [0, 0.05) is 30.4 Å². The molecule has 0 bridgehead atoms. The van der Waals surface area contributed by atoms with Crippen LogP contribution in [-0.2, 0) is 13.1 Å². The van der Waals surface area contributed by atoms with Gasteiger partial charge in [-0.25, -0.2) is 4.98 Å². The van der Waals surface area contributed by atoms with E-state index >= 15 is 0 Å². The first-order chi connectivity index (χ1) is 10.0. The number of aryl methyl sites for hydroxylation is 1. The molecule has 1 aliphatic heterocycles. The zero-order chi connectivity index (χ0) is 15.0. The van der Waals surface area contributed by atoms with E-state index in [1.165, 1.54) is 5.69 Å². The van der Waals surface area contributed by atoms with Crippen molar-refractivity contribution in [3.8, 4) is 0 Å². The molecule has 5 heteroatoms. The van der Waals surface area contributed by atoms with Gasteiger partial charge in [-0.1, -0.05) is 23.7 Å². The molecule has 0 amide bonds. The minimum Gasteiger partial charge on any atom is -0.387 e. The second kappa shape index (κ2) is 5.79. The van der Waals surface area contributed by atoms with Crippen LogP contribution in [0, 0.1) is 13.8 Å². The van der Waals surface area contributed by atoms with Crippen molar-refractivity contribution in [2.24, 2.45) is 0 Å². The average molecular weight is 306 g/mol. The maximum Gasteiger partial charge on any atom is 0.123 e. The van der Waals surface area contributed by atoms with Crippen molar-refractivity contribution in [1.29, 1.82) is 0 Å². The van der Waals surface area contributed by atoms with Gasteiger partial charge in [0.25, 0.3) is 0 Å². The fourth-order valence-electron chi connectivity index (χ4n) is 2.85. The molecule has 4 nitrogen and oxygen atoms in total. The molecule has 0 spiro atoms.